The maximum atomic E-state index is 12.2. The molecule has 0 aliphatic carbocycles. The van der Waals surface area contributed by atoms with Crippen molar-refractivity contribution in [1.82, 2.24) is 10.3 Å². The number of hydrogen-bond donors (Lipinski definition) is 2. The fourth-order valence-electron chi connectivity index (χ4n) is 2.61. The Balaban J connectivity index is 1.78. The molecule has 1 atom stereocenters. The van der Waals surface area contributed by atoms with Crippen LogP contribution in [0.25, 0.3) is 0 Å². The van der Waals surface area contributed by atoms with Crippen LogP contribution in [0.5, 0.6) is 5.75 Å². The van der Waals surface area contributed by atoms with Crippen molar-refractivity contribution in [3.63, 3.8) is 0 Å². The summed E-state index contributed by atoms with van der Waals surface area (Å²) in [5.41, 5.74) is 2.10. The van der Waals surface area contributed by atoms with E-state index in [9.17, 15) is 13.2 Å². The summed E-state index contributed by atoms with van der Waals surface area (Å²) in [5.74, 6) is 1.67. The second-order valence-electron chi connectivity index (χ2n) is 7.52. The lowest BCUT2D eigenvalue weighted by atomic mass is 10.1. The molecular weight excluding hydrogens is 395 g/mol. The molecule has 0 aliphatic heterocycles. The number of pyridine rings is 1. The van der Waals surface area contributed by atoms with E-state index >= 15 is 0 Å². The fourth-order valence-corrected chi connectivity index (χ4v) is 2.61. The van der Waals surface area contributed by atoms with Gasteiger partial charge < -0.3 is 20.1 Å². The van der Waals surface area contributed by atoms with Crippen molar-refractivity contribution >= 4 is 5.82 Å². The molecule has 0 spiro atoms. The standard InChI is InChI=1S/C22H30F3N3O2/c1-16(2)14-29-15-28-21-12-19(8-10-26-21)17(3)27-13-18-4-6-20(7-5-18)30-11-9-22(23,24)25/h4-8,10,12,16-17,27H,9,11,13-15H2,1-3H3,(H,26,28). The molecule has 2 N–H and O–H groups in total. The smallest absolute Gasteiger partial charge is 0.392 e. The molecule has 1 heterocycles. The Kier molecular flexibility index (Phi) is 9.39. The number of benzene rings is 1. The average Bonchev–Trinajstić information content (AvgIpc) is 2.69. The Morgan fingerprint density at radius 3 is 2.47 bits per heavy atom. The van der Waals surface area contributed by atoms with Gasteiger partial charge in [-0.2, -0.15) is 13.2 Å². The summed E-state index contributed by atoms with van der Waals surface area (Å²) >= 11 is 0. The first kappa shape index (κ1) is 24.0. The van der Waals surface area contributed by atoms with Gasteiger partial charge in [-0.25, -0.2) is 4.98 Å². The minimum atomic E-state index is -4.20. The van der Waals surface area contributed by atoms with Crippen LogP contribution in [0.15, 0.2) is 42.6 Å². The van der Waals surface area contributed by atoms with Crippen molar-refractivity contribution in [2.24, 2.45) is 5.92 Å². The predicted molar refractivity (Wildman–Crippen MR) is 111 cm³/mol. The molecule has 0 aliphatic rings. The minimum absolute atomic E-state index is 0.0906. The van der Waals surface area contributed by atoms with Gasteiger partial charge >= 0.3 is 6.18 Å². The molecular formula is C22H30F3N3O2. The SMILES string of the molecule is CC(C)COCNc1cc(C(C)NCc2ccc(OCCC(F)(F)F)cc2)ccn1. The van der Waals surface area contributed by atoms with E-state index in [-0.39, 0.29) is 12.6 Å². The van der Waals surface area contributed by atoms with Crippen molar-refractivity contribution in [2.75, 3.05) is 25.3 Å². The molecule has 1 unspecified atom stereocenters. The van der Waals surface area contributed by atoms with E-state index < -0.39 is 12.6 Å². The van der Waals surface area contributed by atoms with Crippen LogP contribution in [0.3, 0.4) is 0 Å². The Morgan fingerprint density at radius 2 is 1.80 bits per heavy atom. The van der Waals surface area contributed by atoms with E-state index in [2.05, 4.69) is 36.4 Å². The summed E-state index contributed by atoms with van der Waals surface area (Å²) in [5, 5.41) is 6.59. The summed E-state index contributed by atoms with van der Waals surface area (Å²) in [6, 6.07) is 11.1. The number of nitrogens with one attached hydrogen (secondary N) is 2. The molecule has 5 nitrogen and oxygen atoms in total. The maximum absolute atomic E-state index is 12.2. The Labute approximate surface area is 176 Å². The lowest BCUT2D eigenvalue weighted by Gasteiger charge is -2.16. The van der Waals surface area contributed by atoms with Crippen LogP contribution in [0.1, 0.15) is 44.4 Å². The lowest BCUT2D eigenvalue weighted by molar-refractivity contribution is -0.139. The minimum Gasteiger partial charge on any atom is -0.493 e. The first-order valence-corrected chi connectivity index (χ1v) is 10.0. The van der Waals surface area contributed by atoms with Crippen LogP contribution in [-0.4, -0.2) is 31.1 Å². The summed E-state index contributed by atoms with van der Waals surface area (Å²) in [4.78, 5) is 4.30. The third-order valence-electron chi connectivity index (χ3n) is 4.28. The fraction of sp³-hybridized carbons (Fsp3) is 0.500. The van der Waals surface area contributed by atoms with Crippen LogP contribution >= 0.6 is 0 Å². The normalized spacial score (nSPS) is 12.8. The van der Waals surface area contributed by atoms with E-state index in [4.69, 9.17) is 9.47 Å². The molecule has 0 saturated carbocycles. The Morgan fingerprint density at radius 1 is 1.07 bits per heavy atom. The number of nitrogens with zero attached hydrogens (tertiary/aromatic N) is 1. The van der Waals surface area contributed by atoms with Crippen molar-refractivity contribution < 1.29 is 22.6 Å². The molecule has 2 aromatic rings. The number of ether oxygens (including phenoxy) is 2. The highest BCUT2D eigenvalue weighted by molar-refractivity contribution is 5.38. The quantitative estimate of drug-likeness (QED) is 0.357. The van der Waals surface area contributed by atoms with Gasteiger partial charge in [0.15, 0.2) is 0 Å². The molecule has 2 rings (SSSR count). The average molecular weight is 425 g/mol. The monoisotopic (exact) mass is 425 g/mol. The van der Waals surface area contributed by atoms with Crippen molar-refractivity contribution in [3.8, 4) is 5.75 Å². The topological polar surface area (TPSA) is 55.4 Å². The van der Waals surface area contributed by atoms with Gasteiger partial charge in [0, 0.05) is 18.8 Å². The summed E-state index contributed by atoms with van der Waals surface area (Å²) in [7, 11) is 0. The number of halogens is 3. The van der Waals surface area contributed by atoms with Crippen LogP contribution in [-0.2, 0) is 11.3 Å². The van der Waals surface area contributed by atoms with Crippen molar-refractivity contribution in [3.05, 3.63) is 53.7 Å². The van der Waals surface area contributed by atoms with E-state index in [1.54, 1.807) is 18.3 Å². The third-order valence-corrected chi connectivity index (χ3v) is 4.28. The number of alkyl halides is 3. The number of anilines is 1. The molecule has 1 aromatic carbocycles. The van der Waals surface area contributed by atoms with Crippen LogP contribution in [0.4, 0.5) is 19.0 Å². The molecule has 0 fully saturated rings. The highest BCUT2D eigenvalue weighted by Crippen LogP contribution is 2.21. The molecule has 30 heavy (non-hydrogen) atoms. The Hall–Kier alpha value is -2.32. The largest absolute Gasteiger partial charge is 0.493 e. The van der Waals surface area contributed by atoms with Crippen molar-refractivity contribution in [2.45, 2.75) is 46.0 Å². The summed E-state index contributed by atoms with van der Waals surface area (Å²) in [6.45, 7) is 7.60. The van der Waals surface area contributed by atoms with Gasteiger partial charge in [-0.05, 0) is 48.2 Å². The van der Waals surface area contributed by atoms with E-state index in [1.807, 2.05) is 24.3 Å². The van der Waals surface area contributed by atoms with Crippen LogP contribution in [0.2, 0.25) is 0 Å². The summed E-state index contributed by atoms with van der Waals surface area (Å²) < 4.78 is 47.2. The molecule has 0 bridgehead atoms. The first-order valence-electron chi connectivity index (χ1n) is 10.0. The van der Waals surface area contributed by atoms with Crippen LogP contribution in [0, 0.1) is 5.92 Å². The zero-order chi connectivity index (χ0) is 22.0. The third kappa shape index (κ3) is 9.45. The molecule has 8 heteroatoms. The van der Waals surface area contributed by atoms with E-state index in [0.717, 1.165) is 16.9 Å². The van der Waals surface area contributed by atoms with Gasteiger partial charge in [-0.3, -0.25) is 0 Å². The highest BCUT2D eigenvalue weighted by atomic mass is 19.4. The second-order valence-corrected chi connectivity index (χ2v) is 7.52. The molecule has 0 radical (unpaired) electrons. The van der Waals surface area contributed by atoms with Gasteiger partial charge in [0.25, 0.3) is 0 Å². The van der Waals surface area contributed by atoms with Gasteiger partial charge in [0.2, 0.25) is 0 Å². The molecule has 0 amide bonds. The summed E-state index contributed by atoms with van der Waals surface area (Å²) in [6.07, 6.45) is -3.41. The van der Waals surface area contributed by atoms with Gasteiger partial charge in [0.05, 0.1) is 19.6 Å². The molecule has 166 valence electrons. The first-order chi connectivity index (χ1) is 14.2. The lowest BCUT2D eigenvalue weighted by Crippen LogP contribution is -2.18. The molecule has 1 aromatic heterocycles. The van der Waals surface area contributed by atoms with Crippen molar-refractivity contribution in [1.29, 1.82) is 0 Å². The van der Waals surface area contributed by atoms with E-state index in [0.29, 0.717) is 31.5 Å². The predicted octanol–water partition coefficient (Wildman–Crippen LogP) is 5.31. The van der Waals surface area contributed by atoms with Gasteiger partial charge in [-0.1, -0.05) is 26.0 Å². The number of rotatable bonds is 12. The van der Waals surface area contributed by atoms with Gasteiger partial charge in [0.1, 0.15) is 18.3 Å². The zero-order valence-electron chi connectivity index (χ0n) is 17.6. The number of aromatic nitrogens is 1. The molecule has 0 saturated heterocycles. The van der Waals surface area contributed by atoms with E-state index in [1.165, 1.54) is 0 Å². The van der Waals surface area contributed by atoms with Crippen LogP contribution < -0.4 is 15.4 Å². The Bertz CT molecular complexity index is 752. The highest BCUT2D eigenvalue weighted by Gasteiger charge is 2.26. The number of hydrogen-bond acceptors (Lipinski definition) is 5. The maximum Gasteiger partial charge on any atom is 0.392 e. The zero-order valence-corrected chi connectivity index (χ0v) is 17.6. The second kappa shape index (κ2) is 11.8. The van der Waals surface area contributed by atoms with Gasteiger partial charge in [-0.15, -0.1) is 0 Å².